The zero-order valence-corrected chi connectivity index (χ0v) is 13.7. The summed E-state index contributed by atoms with van der Waals surface area (Å²) in [7, 11) is 1.87. The van der Waals surface area contributed by atoms with E-state index in [0.717, 1.165) is 5.56 Å². The van der Waals surface area contributed by atoms with Crippen LogP contribution >= 0.6 is 12.2 Å². The summed E-state index contributed by atoms with van der Waals surface area (Å²) in [6.07, 6.45) is 2.38. The molecular formula is C16H19N3O2S. The molecule has 0 saturated heterocycles. The molecule has 2 aromatic rings. The summed E-state index contributed by atoms with van der Waals surface area (Å²) >= 11 is 4.86. The quantitative estimate of drug-likeness (QED) is 0.874. The first-order valence-corrected chi connectivity index (χ1v) is 7.75. The van der Waals surface area contributed by atoms with E-state index in [4.69, 9.17) is 16.6 Å². The van der Waals surface area contributed by atoms with Crippen molar-refractivity contribution in [2.75, 3.05) is 7.05 Å². The van der Waals surface area contributed by atoms with Crippen LogP contribution in [0.1, 0.15) is 37.0 Å². The lowest BCUT2D eigenvalue weighted by Gasteiger charge is -2.30. The van der Waals surface area contributed by atoms with Gasteiger partial charge in [-0.05, 0) is 61.7 Å². The Morgan fingerprint density at radius 2 is 2.05 bits per heavy atom. The van der Waals surface area contributed by atoms with Crippen molar-refractivity contribution in [3.8, 4) is 11.5 Å². The van der Waals surface area contributed by atoms with Gasteiger partial charge in [0.1, 0.15) is 0 Å². The number of benzene rings is 1. The van der Waals surface area contributed by atoms with Crippen molar-refractivity contribution < 1.29 is 9.21 Å². The molecule has 0 aliphatic heterocycles. The first-order valence-electron chi connectivity index (χ1n) is 7.34. The zero-order chi connectivity index (χ0) is 15.9. The molecule has 0 unspecified atom stereocenters. The van der Waals surface area contributed by atoms with Gasteiger partial charge in [0, 0.05) is 24.2 Å². The second-order valence-corrected chi connectivity index (χ2v) is 6.61. The standard InChI is InChI=1S/C16H19N3O2S/c1-10(16(2)8-9-16)19(3)14(20)12-6-4-11(5-7-12)13-17-18-15(22)21-13/h4-7,10H,8-9H2,1-3H3,(H,18,22)/t10-/m1/s1. The van der Waals surface area contributed by atoms with E-state index in [9.17, 15) is 4.79 Å². The summed E-state index contributed by atoms with van der Waals surface area (Å²) < 4.78 is 5.26. The molecule has 1 aromatic heterocycles. The molecule has 1 aliphatic carbocycles. The molecule has 1 saturated carbocycles. The summed E-state index contributed by atoms with van der Waals surface area (Å²) in [5.41, 5.74) is 1.73. The molecule has 1 amide bonds. The summed E-state index contributed by atoms with van der Waals surface area (Å²) in [6.45, 7) is 4.35. The van der Waals surface area contributed by atoms with Gasteiger partial charge in [-0.25, -0.2) is 5.10 Å². The van der Waals surface area contributed by atoms with Crippen LogP contribution in [0.3, 0.4) is 0 Å². The van der Waals surface area contributed by atoms with Crippen LogP contribution in [0.4, 0.5) is 0 Å². The third kappa shape index (κ3) is 2.70. The lowest BCUT2D eigenvalue weighted by atomic mass is 9.98. The van der Waals surface area contributed by atoms with Crippen molar-refractivity contribution in [2.24, 2.45) is 5.41 Å². The van der Waals surface area contributed by atoms with Gasteiger partial charge < -0.3 is 9.32 Å². The molecule has 3 rings (SSSR count). The Kier molecular flexibility index (Phi) is 3.64. The predicted molar refractivity (Wildman–Crippen MR) is 86.0 cm³/mol. The maximum absolute atomic E-state index is 12.6. The van der Waals surface area contributed by atoms with Crippen molar-refractivity contribution in [3.63, 3.8) is 0 Å². The van der Waals surface area contributed by atoms with Crippen molar-refractivity contribution in [1.29, 1.82) is 0 Å². The fourth-order valence-corrected chi connectivity index (χ4v) is 2.70. The van der Waals surface area contributed by atoms with Crippen LogP contribution in [-0.4, -0.2) is 34.1 Å². The molecule has 1 N–H and O–H groups in total. The fourth-order valence-electron chi connectivity index (χ4n) is 2.57. The molecule has 0 spiro atoms. The first kappa shape index (κ1) is 15.0. The molecule has 6 heteroatoms. The maximum atomic E-state index is 12.6. The number of aromatic amines is 1. The van der Waals surface area contributed by atoms with E-state index in [1.165, 1.54) is 12.8 Å². The highest BCUT2D eigenvalue weighted by atomic mass is 32.1. The lowest BCUT2D eigenvalue weighted by Crippen LogP contribution is -2.39. The van der Waals surface area contributed by atoms with Gasteiger partial charge in [-0.15, -0.1) is 5.10 Å². The number of rotatable bonds is 4. The second kappa shape index (κ2) is 5.35. The average molecular weight is 317 g/mol. The number of carbonyl (C=O) groups excluding carboxylic acids is 1. The first-order chi connectivity index (χ1) is 10.4. The average Bonchev–Trinajstić information content (AvgIpc) is 3.13. The summed E-state index contributed by atoms with van der Waals surface area (Å²) in [5, 5.41) is 6.56. The smallest absolute Gasteiger partial charge is 0.284 e. The largest absolute Gasteiger partial charge is 0.409 e. The van der Waals surface area contributed by atoms with Crippen LogP contribution in [0.25, 0.3) is 11.5 Å². The molecule has 1 heterocycles. The topological polar surface area (TPSA) is 62.1 Å². The van der Waals surface area contributed by atoms with Crippen molar-refractivity contribution in [1.82, 2.24) is 15.1 Å². The lowest BCUT2D eigenvalue weighted by molar-refractivity contribution is 0.0684. The van der Waals surface area contributed by atoms with Gasteiger partial charge in [0.2, 0.25) is 5.89 Å². The minimum atomic E-state index is 0.0371. The van der Waals surface area contributed by atoms with E-state index in [2.05, 4.69) is 24.0 Å². The molecule has 1 aliphatic rings. The van der Waals surface area contributed by atoms with E-state index in [1.54, 1.807) is 12.1 Å². The fraction of sp³-hybridized carbons (Fsp3) is 0.438. The molecule has 5 nitrogen and oxygen atoms in total. The number of carbonyl (C=O) groups is 1. The van der Waals surface area contributed by atoms with Crippen LogP contribution in [0.15, 0.2) is 28.7 Å². The molecular weight excluding hydrogens is 298 g/mol. The van der Waals surface area contributed by atoms with Crippen LogP contribution in [-0.2, 0) is 0 Å². The Morgan fingerprint density at radius 3 is 2.55 bits per heavy atom. The number of amides is 1. The Balaban J connectivity index is 1.77. The summed E-state index contributed by atoms with van der Waals surface area (Å²) in [6, 6.07) is 7.47. The van der Waals surface area contributed by atoms with E-state index in [-0.39, 0.29) is 22.2 Å². The van der Waals surface area contributed by atoms with Gasteiger partial charge in [0.05, 0.1) is 0 Å². The summed E-state index contributed by atoms with van der Waals surface area (Å²) in [4.78, 5) is 14.6. The normalized spacial score (nSPS) is 17.0. The monoisotopic (exact) mass is 317 g/mol. The van der Waals surface area contributed by atoms with Crippen LogP contribution in [0.2, 0.25) is 0 Å². The van der Waals surface area contributed by atoms with Crippen molar-refractivity contribution in [3.05, 3.63) is 34.7 Å². The number of hydrogen-bond acceptors (Lipinski definition) is 4. The highest BCUT2D eigenvalue weighted by Gasteiger charge is 2.45. The highest BCUT2D eigenvalue weighted by Crippen LogP contribution is 2.49. The van der Waals surface area contributed by atoms with Gasteiger partial charge >= 0.3 is 0 Å². The Bertz CT molecular complexity index is 743. The van der Waals surface area contributed by atoms with Gasteiger partial charge in [0.15, 0.2) is 0 Å². The van der Waals surface area contributed by atoms with Crippen LogP contribution < -0.4 is 0 Å². The highest BCUT2D eigenvalue weighted by molar-refractivity contribution is 7.71. The minimum absolute atomic E-state index is 0.0371. The van der Waals surface area contributed by atoms with E-state index < -0.39 is 0 Å². The Morgan fingerprint density at radius 1 is 1.41 bits per heavy atom. The number of nitrogens with zero attached hydrogens (tertiary/aromatic N) is 2. The molecule has 0 bridgehead atoms. The second-order valence-electron chi connectivity index (χ2n) is 6.24. The van der Waals surface area contributed by atoms with Crippen LogP contribution in [0, 0.1) is 10.3 Å². The van der Waals surface area contributed by atoms with Crippen molar-refractivity contribution >= 4 is 18.1 Å². The Hall–Kier alpha value is -1.95. The maximum Gasteiger partial charge on any atom is 0.284 e. The molecule has 1 fully saturated rings. The molecule has 1 aromatic carbocycles. The van der Waals surface area contributed by atoms with E-state index >= 15 is 0 Å². The minimum Gasteiger partial charge on any atom is -0.409 e. The van der Waals surface area contributed by atoms with Gasteiger partial charge in [-0.2, -0.15) is 0 Å². The van der Waals surface area contributed by atoms with E-state index in [0.29, 0.717) is 11.5 Å². The Labute approximate surface area is 134 Å². The number of H-pyrrole nitrogens is 1. The van der Waals surface area contributed by atoms with E-state index in [1.807, 2.05) is 24.1 Å². The molecule has 116 valence electrons. The predicted octanol–water partition coefficient (Wildman–Crippen LogP) is 3.66. The number of aromatic nitrogens is 2. The van der Waals surface area contributed by atoms with Gasteiger partial charge in [0.25, 0.3) is 10.7 Å². The van der Waals surface area contributed by atoms with Gasteiger partial charge in [-0.3, -0.25) is 4.79 Å². The molecule has 22 heavy (non-hydrogen) atoms. The number of nitrogens with one attached hydrogen (secondary N) is 1. The SMILES string of the molecule is C[C@@H](N(C)C(=O)c1ccc(-c2n[nH]c(=S)o2)cc1)C1(C)CC1. The van der Waals surface area contributed by atoms with Crippen LogP contribution in [0.5, 0.6) is 0 Å². The molecule has 0 radical (unpaired) electrons. The third-order valence-electron chi connectivity index (χ3n) is 4.77. The zero-order valence-electron chi connectivity index (χ0n) is 12.9. The number of hydrogen-bond donors (Lipinski definition) is 1. The summed E-state index contributed by atoms with van der Waals surface area (Å²) in [5.74, 6) is 0.464. The van der Waals surface area contributed by atoms with Crippen molar-refractivity contribution in [2.45, 2.75) is 32.7 Å². The third-order valence-corrected chi connectivity index (χ3v) is 4.94. The molecule has 1 atom stereocenters. The van der Waals surface area contributed by atoms with Gasteiger partial charge in [-0.1, -0.05) is 6.92 Å².